The van der Waals surface area contributed by atoms with E-state index in [4.69, 9.17) is 0 Å². The van der Waals surface area contributed by atoms with Crippen LogP contribution in [0, 0.1) is 5.92 Å². The highest BCUT2D eigenvalue weighted by atomic mass is 32.2. The molecule has 0 aromatic heterocycles. The van der Waals surface area contributed by atoms with E-state index in [1.165, 1.54) is 9.87 Å². The van der Waals surface area contributed by atoms with Gasteiger partial charge in [-0.05, 0) is 54.9 Å². The summed E-state index contributed by atoms with van der Waals surface area (Å²) in [5, 5.41) is 0. The Hall–Kier alpha value is -0.920. The summed E-state index contributed by atoms with van der Waals surface area (Å²) in [5.74, 6) is 0.146. The zero-order valence-corrected chi connectivity index (χ0v) is 15.9. The highest BCUT2D eigenvalue weighted by Crippen LogP contribution is 2.29. The molecular weight excluding hydrogens is 346 g/mol. The van der Waals surface area contributed by atoms with Gasteiger partial charge >= 0.3 is 0 Å². The Morgan fingerprint density at radius 3 is 2.54 bits per heavy atom. The van der Waals surface area contributed by atoms with Crippen LogP contribution in [0.15, 0.2) is 23.1 Å². The van der Waals surface area contributed by atoms with Crippen LogP contribution in [0.1, 0.15) is 37.8 Å². The van der Waals surface area contributed by atoms with E-state index in [0.717, 1.165) is 24.8 Å². The highest BCUT2D eigenvalue weighted by molar-refractivity contribution is 7.92. The van der Waals surface area contributed by atoms with Crippen molar-refractivity contribution in [2.45, 2.75) is 50.5 Å². The van der Waals surface area contributed by atoms with Crippen molar-refractivity contribution < 1.29 is 16.8 Å². The summed E-state index contributed by atoms with van der Waals surface area (Å²) < 4.78 is 51.5. The van der Waals surface area contributed by atoms with E-state index in [9.17, 15) is 16.8 Å². The summed E-state index contributed by atoms with van der Waals surface area (Å²) in [6, 6.07) is 4.93. The second kappa shape index (κ2) is 6.42. The lowest BCUT2D eigenvalue weighted by Gasteiger charge is -2.29. The standard InChI is InChI=1S/C17H25NO4S2/c1-13(2)11-18(16-8-9-23(19,20)12-16)24(21,22)17-7-6-14-4-3-5-15(14)10-17/h6-7,10,13,16H,3-5,8-9,11-12H2,1-2H3/t16-/m1/s1. The van der Waals surface area contributed by atoms with Crippen molar-refractivity contribution in [2.75, 3.05) is 18.1 Å². The molecule has 1 aliphatic carbocycles. The zero-order valence-electron chi connectivity index (χ0n) is 14.2. The number of hydrogen-bond acceptors (Lipinski definition) is 4. The van der Waals surface area contributed by atoms with Crippen LogP contribution in [0.4, 0.5) is 0 Å². The molecule has 0 radical (unpaired) electrons. The SMILES string of the molecule is CC(C)CN([C@@H]1CCS(=O)(=O)C1)S(=O)(=O)c1ccc2c(c1)CCC2. The summed E-state index contributed by atoms with van der Waals surface area (Å²) in [6.07, 6.45) is 3.38. The van der Waals surface area contributed by atoms with Crippen molar-refractivity contribution in [3.8, 4) is 0 Å². The first-order valence-corrected chi connectivity index (χ1v) is 11.8. The maximum absolute atomic E-state index is 13.2. The maximum Gasteiger partial charge on any atom is 0.243 e. The van der Waals surface area contributed by atoms with Crippen LogP contribution in [-0.4, -0.2) is 45.2 Å². The fraction of sp³-hybridized carbons (Fsp3) is 0.647. The van der Waals surface area contributed by atoms with Gasteiger partial charge in [-0.1, -0.05) is 19.9 Å². The third kappa shape index (κ3) is 3.53. The van der Waals surface area contributed by atoms with E-state index in [-0.39, 0.29) is 17.4 Å². The molecule has 0 spiro atoms. The Morgan fingerprint density at radius 2 is 1.92 bits per heavy atom. The third-order valence-corrected chi connectivity index (χ3v) is 8.50. The van der Waals surface area contributed by atoms with Gasteiger partial charge in [0.05, 0.1) is 16.4 Å². The number of aryl methyl sites for hydroxylation is 2. The second-order valence-corrected chi connectivity index (χ2v) is 11.4. The molecule has 5 nitrogen and oxygen atoms in total. The molecule has 0 N–H and O–H groups in total. The van der Waals surface area contributed by atoms with E-state index in [1.807, 2.05) is 19.9 Å². The Balaban J connectivity index is 1.96. The van der Waals surface area contributed by atoms with Crippen molar-refractivity contribution in [1.82, 2.24) is 4.31 Å². The minimum atomic E-state index is -3.68. The molecule has 0 bridgehead atoms. The quantitative estimate of drug-likeness (QED) is 0.794. The lowest BCUT2D eigenvalue weighted by molar-refractivity contribution is 0.308. The second-order valence-electron chi connectivity index (χ2n) is 7.31. The molecule has 0 amide bonds. The van der Waals surface area contributed by atoms with Crippen LogP contribution in [0.2, 0.25) is 0 Å². The molecule has 1 saturated heterocycles. The normalized spacial score (nSPS) is 23.1. The van der Waals surface area contributed by atoms with Crippen LogP contribution in [0.3, 0.4) is 0 Å². The van der Waals surface area contributed by atoms with Gasteiger partial charge in [-0.25, -0.2) is 16.8 Å². The van der Waals surface area contributed by atoms with Crippen LogP contribution < -0.4 is 0 Å². The number of rotatable bonds is 5. The molecule has 1 atom stereocenters. The molecule has 1 aliphatic heterocycles. The Kier molecular flexibility index (Phi) is 4.79. The molecule has 0 saturated carbocycles. The van der Waals surface area contributed by atoms with Crippen molar-refractivity contribution >= 4 is 19.9 Å². The molecule has 1 aromatic rings. The monoisotopic (exact) mass is 371 g/mol. The smallest absolute Gasteiger partial charge is 0.229 e. The van der Waals surface area contributed by atoms with Gasteiger partial charge in [0.25, 0.3) is 0 Å². The summed E-state index contributed by atoms with van der Waals surface area (Å²) >= 11 is 0. The van der Waals surface area contributed by atoms with Gasteiger partial charge in [0.2, 0.25) is 10.0 Å². The van der Waals surface area contributed by atoms with Crippen molar-refractivity contribution in [1.29, 1.82) is 0 Å². The summed E-state index contributed by atoms with van der Waals surface area (Å²) in [7, 11) is -6.82. The van der Waals surface area contributed by atoms with E-state index in [1.54, 1.807) is 12.1 Å². The molecule has 0 unspecified atom stereocenters. The molecule has 134 valence electrons. The van der Waals surface area contributed by atoms with Crippen molar-refractivity contribution in [2.24, 2.45) is 5.92 Å². The van der Waals surface area contributed by atoms with Crippen LogP contribution in [0.25, 0.3) is 0 Å². The van der Waals surface area contributed by atoms with Crippen molar-refractivity contribution in [3.05, 3.63) is 29.3 Å². The highest BCUT2D eigenvalue weighted by Gasteiger charge is 2.39. The first kappa shape index (κ1) is 17.9. The Bertz CT molecular complexity index is 828. The molecule has 1 heterocycles. The molecule has 2 aliphatic rings. The lowest BCUT2D eigenvalue weighted by Crippen LogP contribution is -2.43. The summed E-state index contributed by atoms with van der Waals surface area (Å²) in [6.45, 7) is 4.25. The molecule has 1 aromatic carbocycles. The van der Waals surface area contributed by atoms with Gasteiger partial charge in [0, 0.05) is 12.6 Å². The Labute approximate surface area is 145 Å². The fourth-order valence-electron chi connectivity index (χ4n) is 3.65. The first-order chi connectivity index (χ1) is 11.2. The van der Waals surface area contributed by atoms with Crippen LogP contribution >= 0.6 is 0 Å². The molecular formula is C17H25NO4S2. The summed E-state index contributed by atoms with van der Waals surface area (Å²) in [5.41, 5.74) is 2.34. The number of nitrogens with zero attached hydrogens (tertiary/aromatic N) is 1. The Morgan fingerprint density at radius 1 is 1.21 bits per heavy atom. The minimum absolute atomic E-state index is 0.0656. The van der Waals surface area contributed by atoms with Gasteiger partial charge < -0.3 is 0 Å². The number of fused-ring (bicyclic) bond motifs is 1. The zero-order chi connectivity index (χ0) is 17.5. The van der Waals surface area contributed by atoms with Gasteiger partial charge in [0.1, 0.15) is 0 Å². The van der Waals surface area contributed by atoms with E-state index in [2.05, 4.69) is 0 Å². The van der Waals surface area contributed by atoms with Gasteiger partial charge in [-0.2, -0.15) is 4.31 Å². The summed E-state index contributed by atoms with van der Waals surface area (Å²) in [4.78, 5) is 0.299. The molecule has 7 heteroatoms. The molecule has 3 rings (SSSR count). The van der Waals surface area contributed by atoms with Crippen molar-refractivity contribution in [3.63, 3.8) is 0 Å². The average molecular weight is 372 g/mol. The largest absolute Gasteiger partial charge is 0.243 e. The number of benzene rings is 1. The predicted molar refractivity (Wildman–Crippen MR) is 94.3 cm³/mol. The topological polar surface area (TPSA) is 71.5 Å². The van der Waals surface area contributed by atoms with E-state index in [0.29, 0.717) is 17.9 Å². The first-order valence-electron chi connectivity index (χ1n) is 8.53. The molecule has 1 fully saturated rings. The predicted octanol–water partition coefficient (Wildman–Crippen LogP) is 2.01. The average Bonchev–Trinajstić information content (AvgIpc) is 3.09. The van der Waals surface area contributed by atoms with E-state index >= 15 is 0 Å². The maximum atomic E-state index is 13.2. The molecule has 24 heavy (non-hydrogen) atoms. The van der Waals surface area contributed by atoms with Gasteiger partial charge in [-0.3, -0.25) is 0 Å². The number of hydrogen-bond donors (Lipinski definition) is 0. The van der Waals surface area contributed by atoms with E-state index < -0.39 is 25.9 Å². The number of sulfonamides is 1. The van der Waals surface area contributed by atoms with Crippen LogP contribution in [-0.2, 0) is 32.7 Å². The fourth-order valence-corrected chi connectivity index (χ4v) is 7.34. The van der Waals surface area contributed by atoms with Gasteiger partial charge in [-0.15, -0.1) is 0 Å². The minimum Gasteiger partial charge on any atom is -0.229 e. The van der Waals surface area contributed by atoms with Crippen LogP contribution in [0.5, 0.6) is 0 Å². The van der Waals surface area contributed by atoms with Gasteiger partial charge in [0.15, 0.2) is 9.84 Å². The number of sulfone groups is 1. The lowest BCUT2D eigenvalue weighted by atomic mass is 10.1. The third-order valence-electron chi connectivity index (χ3n) is 4.84.